The molecule has 0 aliphatic rings. The fourth-order valence-electron chi connectivity index (χ4n) is 1.77. The number of thiazole rings is 1. The van der Waals surface area contributed by atoms with E-state index in [1.807, 2.05) is 24.4 Å². The zero-order valence-electron chi connectivity index (χ0n) is 9.67. The normalized spacial score (nSPS) is 10.9. The monoisotopic (exact) mass is 261 g/mol. The summed E-state index contributed by atoms with van der Waals surface area (Å²) in [7, 11) is 0. The third-order valence-corrected chi connectivity index (χ3v) is 3.27. The Morgan fingerprint density at radius 3 is 3.17 bits per heavy atom. The molecule has 18 heavy (non-hydrogen) atoms. The fourth-order valence-corrected chi connectivity index (χ4v) is 2.35. The van der Waals surface area contributed by atoms with Crippen molar-refractivity contribution in [2.45, 2.75) is 13.5 Å². The van der Waals surface area contributed by atoms with E-state index in [1.54, 1.807) is 4.52 Å². The molecule has 3 rings (SSSR count). The first-order chi connectivity index (χ1) is 8.72. The number of nitrogens with one attached hydrogen (secondary N) is 2. The van der Waals surface area contributed by atoms with Gasteiger partial charge in [-0.25, -0.2) is 4.98 Å². The molecule has 0 aliphatic heterocycles. The molecular formula is C11H11N5OS. The van der Waals surface area contributed by atoms with Gasteiger partial charge in [-0.1, -0.05) is 11.3 Å². The van der Waals surface area contributed by atoms with Crippen molar-refractivity contribution in [1.82, 2.24) is 19.6 Å². The summed E-state index contributed by atoms with van der Waals surface area (Å²) in [6, 6.07) is 3.96. The van der Waals surface area contributed by atoms with Crippen molar-refractivity contribution in [3.8, 4) is 0 Å². The van der Waals surface area contributed by atoms with E-state index in [0.717, 1.165) is 34.1 Å². The Balaban J connectivity index is 1.90. The molecule has 3 aromatic rings. The van der Waals surface area contributed by atoms with Crippen LogP contribution in [0.3, 0.4) is 0 Å². The van der Waals surface area contributed by atoms with E-state index in [2.05, 4.69) is 20.4 Å². The lowest BCUT2D eigenvalue weighted by molar-refractivity contribution is 0.932. The maximum Gasteiger partial charge on any atom is 0.304 e. The maximum absolute atomic E-state index is 11.0. The first-order valence-corrected chi connectivity index (χ1v) is 6.31. The molecule has 0 radical (unpaired) electrons. The van der Waals surface area contributed by atoms with Crippen molar-refractivity contribution in [2.75, 3.05) is 5.32 Å². The highest BCUT2D eigenvalue weighted by Gasteiger charge is 2.04. The van der Waals surface area contributed by atoms with E-state index in [1.165, 1.54) is 6.33 Å². The number of hydrogen-bond acceptors (Lipinski definition) is 5. The van der Waals surface area contributed by atoms with Gasteiger partial charge in [-0.15, -0.1) is 0 Å². The van der Waals surface area contributed by atoms with Crippen molar-refractivity contribution < 1.29 is 0 Å². The number of pyridine rings is 1. The first kappa shape index (κ1) is 11.0. The summed E-state index contributed by atoms with van der Waals surface area (Å²) in [5.74, 6) is 0.856. The van der Waals surface area contributed by atoms with E-state index in [0.29, 0.717) is 6.54 Å². The van der Waals surface area contributed by atoms with Crippen LogP contribution >= 0.6 is 11.3 Å². The van der Waals surface area contributed by atoms with Crippen molar-refractivity contribution in [3.05, 3.63) is 44.8 Å². The van der Waals surface area contributed by atoms with Crippen LogP contribution < -0.4 is 10.2 Å². The minimum atomic E-state index is -0.0399. The predicted octanol–water partition coefficient (Wildman–Crippen LogP) is 1.40. The van der Waals surface area contributed by atoms with E-state index in [-0.39, 0.29) is 4.87 Å². The van der Waals surface area contributed by atoms with Crippen molar-refractivity contribution in [2.24, 2.45) is 0 Å². The maximum atomic E-state index is 11.0. The number of rotatable bonds is 3. The molecule has 3 aromatic heterocycles. The van der Waals surface area contributed by atoms with Gasteiger partial charge in [0, 0.05) is 11.1 Å². The molecule has 92 valence electrons. The molecule has 0 saturated heterocycles. The largest absolute Gasteiger partial charge is 0.364 e. The smallest absolute Gasteiger partial charge is 0.304 e. The number of fused-ring (bicyclic) bond motifs is 1. The van der Waals surface area contributed by atoms with Crippen LogP contribution in [-0.4, -0.2) is 19.6 Å². The molecule has 0 unspecified atom stereocenters. The second kappa shape index (κ2) is 4.26. The van der Waals surface area contributed by atoms with Gasteiger partial charge in [0.05, 0.1) is 6.54 Å². The summed E-state index contributed by atoms with van der Waals surface area (Å²) in [4.78, 5) is 17.9. The Morgan fingerprint density at radius 1 is 1.50 bits per heavy atom. The lowest BCUT2D eigenvalue weighted by Gasteiger charge is -2.07. The Bertz CT molecular complexity index is 741. The summed E-state index contributed by atoms with van der Waals surface area (Å²) >= 11 is 1.16. The molecule has 0 bridgehead atoms. The predicted molar refractivity (Wildman–Crippen MR) is 70.0 cm³/mol. The van der Waals surface area contributed by atoms with Crippen LogP contribution in [0.5, 0.6) is 0 Å². The lowest BCUT2D eigenvalue weighted by atomic mass is 10.3. The molecule has 0 saturated carbocycles. The number of aromatic nitrogens is 4. The second-order valence-corrected chi connectivity index (χ2v) is 4.82. The Morgan fingerprint density at radius 2 is 2.39 bits per heavy atom. The molecule has 0 aromatic carbocycles. The number of nitrogens with zero attached hydrogens (tertiary/aromatic N) is 3. The first-order valence-electron chi connectivity index (χ1n) is 5.43. The average molecular weight is 261 g/mol. The highest BCUT2D eigenvalue weighted by Crippen LogP contribution is 2.13. The minimum Gasteiger partial charge on any atom is -0.364 e. The van der Waals surface area contributed by atoms with Crippen LogP contribution in [0.25, 0.3) is 5.65 Å². The summed E-state index contributed by atoms with van der Waals surface area (Å²) in [5.41, 5.74) is 2.77. The number of aromatic amines is 1. The van der Waals surface area contributed by atoms with Gasteiger partial charge in [0.2, 0.25) is 0 Å². The fraction of sp³-hybridized carbons (Fsp3) is 0.182. The average Bonchev–Trinajstić information content (AvgIpc) is 2.94. The van der Waals surface area contributed by atoms with E-state index in [9.17, 15) is 4.79 Å². The van der Waals surface area contributed by atoms with Crippen LogP contribution in [-0.2, 0) is 6.54 Å². The van der Waals surface area contributed by atoms with Crippen LogP contribution in [0.15, 0.2) is 28.6 Å². The number of aryl methyl sites for hydroxylation is 1. The molecule has 0 amide bonds. The van der Waals surface area contributed by atoms with Gasteiger partial charge in [-0.05, 0) is 24.6 Å². The molecule has 7 heteroatoms. The van der Waals surface area contributed by atoms with Gasteiger partial charge in [-0.2, -0.15) is 9.61 Å². The summed E-state index contributed by atoms with van der Waals surface area (Å²) < 4.78 is 1.73. The van der Waals surface area contributed by atoms with Crippen molar-refractivity contribution in [3.63, 3.8) is 0 Å². The van der Waals surface area contributed by atoms with E-state index < -0.39 is 0 Å². The van der Waals surface area contributed by atoms with Crippen LogP contribution in [0.4, 0.5) is 5.82 Å². The summed E-state index contributed by atoms with van der Waals surface area (Å²) in [6.07, 6.45) is 1.52. The molecule has 0 aliphatic carbocycles. The topological polar surface area (TPSA) is 75.1 Å². The van der Waals surface area contributed by atoms with E-state index in [4.69, 9.17) is 0 Å². The molecule has 6 nitrogen and oxygen atoms in total. The number of anilines is 1. The van der Waals surface area contributed by atoms with Gasteiger partial charge in [0.1, 0.15) is 12.1 Å². The van der Waals surface area contributed by atoms with Gasteiger partial charge in [0.25, 0.3) is 0 Å². The Labute approximate surface area is 106 Å². The van der Waals surface area contributed by atoms with Crippen molar-refractivity contribution >= 4 is 22.8 Å². The number of hydrogen-bond donors (Lipinski definition) is 2. The third-order valence-electron chi connectivity index (χ3n) is 2.55. The van der Waals surface area contributed by atoms with Gasteiger partial charge in [-0.3, -0.25) is 4.79 Å². The van der Waals surface area contributed by atoms with Gasteiger partial charge >= 0.3 is 4.87 Å². The Kier molecular flexibility index (Phi) is 2.60. The van der Waals surface area contributed by atoms with Gasteiger partial charge in [0.15, 0.2) is 5.65 Å². The second-order valence-electron chi connectivity index (χ2n) is 3.97. The molecule has 0 spiro atoms. The molecule has 0 fully saturated rings. The van der Waals surface area contributed by atoms with Crippen LogP contribution in [0, 0.1) is 6.92 Å². The minimum absolute atomic E-state index is 0.0399. The lowest BCUT2D eigenvalue weighted by Crippen LogP contribution is -2.07. The third kappa shape index (κ3) is 2.00. The Hall–Kier alpha value is -2.15. The van der Waals surface area contributed by atoms with Crippen LogP contribution in [0.2, 0.25) is 0 Å². The summed E-state index contributed by atoms with van der Waals surface area (Å²) in [6.45, 7) is 2.56. The summed E-state index contributed by atoms with van der Waals surface area (Å²) in [5, 5.41) is 9.20. The molecule has 3 heterocycles. The van der Waals surface area contributed by atoms with Gasteiger partial charge < -0.3 is 10.3 Å². The molecule has 0 atom stereocenters. The zero-order valence-corrected chi connectivity index (χ0v) is 10.5. The van der Waals surface area contributed by atoms with E-state index >= 15 is 0 Å². The standard InChI is InChI=1S/C11H11N5OS/c1-7-2-9(16-10(3-7)13-6-14-16)12-4-8-5-18-11(17)15-8/h2-3,5-6,12H,4H2,1H3,(H,15,17). The van der Waals surface area contributed by atoms with Crippen LogP contribution in [0.1, 0.15) is 11.3 Å². The SMILES string of the molecule is Cc1cc(NCc2csc(=O)[nH]2)n2ncnc2c1. The molecule has 2 N–H and O–H groups in total. The number of H-pyrrole nitrogens is 1. The highest BCUT2D eigenvalue weighted by molar-refractivity contribution is 7.07. The molecular weight excluding hydrogens is 250 g/mol. The highest BCUT2D eigenvalue weighted by atomic mass is 32.1. The zero-order chi connectivity index (χ0) is 12.5. The quantitative estimate of drug-likeness (QED) is 0.747. The van der Waals surface area contributed by atoms with Crippen molar-refractivity contribution in [1.29, 1.82) is 0 Å².